The van der Waals surface area contributed by atoms with Gasteiger partial charge >= 0.3 is 11.8 Å². The van der Waals surface area contributed by atoms with Crippen molar-refractivity contribution in [1.82, 2.24) is 10.6 Å². The highest BCUT2D eigenvalue weighted by molar-refractivity contribution is 6.40. The van der Waals surface area contributed by atoms with E-state index in [1.807, 2.05) is 31.2 Å². The molecule has 0 radical (unpaired) electrons. The van der Waals surface area contributed by atoms with Crippen molar-refractivity contribution in [3.63, 3.8) is 0 Å². The molecular weight excluding hydrogens is 402 g/mol. The molecule has 0 aliphatic rings. The Bertz CT molecular complexity index is 895. The van der Waals surface area contributed by atoms with E-state index in [4.69, 9.17) is 0 Å². The van der Waals surface area contributed by atoms with Gasteiger partial charge in [0.05, 0.1) is 11.3 Å². The number of amides is 3. The molecule has 0 saturated carbocycles. The molecular formula is C26H35N3O3. The largest absolute Gasteiger partial charge is 0.348 e. The van der Waals surface area contributed by atoms with Crippen LogP contribution in [0.5, 0.6) is 0 Å². The molecule has 0 unspecified atom stereocenters. The lowest BCUT2D eigenvalue weighted by molar-refractivity contribution is -0.136. The zero-order valence-electron chi connectivity index (χ0n) is 19.2. The second-order valence-electron chi connectivity index (χ2n) is 7.99. The van der Waals surface area contributed by atoms with Crippen LogP contribution in [0.3, 0.4) is 0 Å². The quantitative estimate of drug-likeness (QED) is 0.331. The van der Waals surface area contributed by atoms with E-state index in [1.54, 1.807) is 24.3 Å². The molecule has 172 valence electrons. The number of aryl methyl sites for hydroxylation is 1. The first-order valence-electron chi connectivity index (χ1n) is 11.5. The lowest BCUT2D eigenvalue weighted by atomic mass is 10.1. The predicted octanol–water partition coefficient (Wildman–Crippen LogP) is 4.73. The van der Waals surface area contributed by atoms with Crippen LogP contribution in [0.25, 0.3) is 0 Å². The Hall–Kier alpha value is -3.15. The number of carbonyl (C=O) groups excluding carboxylic acids is 3. The first-order chi connectivity index (χ1) is 15.5. The Morgan fingerprint density at radius 1 is 0.750 bits per heavy atom. The number of hydrogen-bond acceptors (Lipinski definition) is 3. The summed E-state index contributed by atoms with van der Waals surface area (Å²) in [5.74, 6) is -1.77. The fourth-order valence-corrected chi connectivity index (χ4v) is 3.41. The van der Waals surface area contributed by atoms with E-state index in [1.165, 1.54) is 25.7 Å². The van der Waals surface area contributed by atoms with Crippen molar-refractivity contribution < 1.29 is 14.4 Å². The zero-order valence-corrected chi connectivity index (χ0v) is 19.2. The number of anilines is 1. The maximum Gasteiger partial charge on any atom is 0.313 e. The van der Waals surface area contributed by atoms with Crippen LogP contribution in [-0.4, -0.2) is 24.3 Å². The molecule has 0 atom stereocenters. The van der Waals surface area contributed by atoms with Crippen molar-refractivity contribution in [3.05, 3.63) is 65.2 Å². The van der Waals surface area contributed by atoms with E-state index in [9.17, 15) is 14.4 Å². The average molecular weight is 438 g/mol. The van der Waals surface area contributed by atoms with Crippen molar-refractivity contribution in [3.8, 4) is 0 Å². The summed E-state index contributed by atoms with van der Waals surface area (Å²) in [5.41, 5.74) is 2.74. The van der Waals surface area contributed by atoms with Crippen molar-refractivity contribution in [1.29, 1.82) is 0 Å². The summed E-state index contributed by atoms with van der Waals surface area (Å²) in [6.07, 6.45) is 7.99. The normalized spacial score (nSPS) is 10.4. The predicted molar refractivity (Wildman–Crippen MR) is 128 cm³/mol. The molecule has 0 heterocycles. The van der Waals surface area contributed by atoms with Crippen LogP contribution < -0.4 is 16.0 Å². The Morgan fingerprint density at radius 3 is 2.16 bits per heavy atom. The molecule has 6 heteroatoms. The third-order valence-corrected chi connectivity index (χ3v) is 5.39. The molecule has 2 rings (SSSR count). The minimum absolute atomic E-state index is 0.311. The number of unbranched alkanes of at least 4 members (excludes halogenated alkanes) is 6. The number of benzene rings is 2. The maximum atomic E-state index is 12.7. The smallest absolute Gasteiger partial charge is 0.313 e. The highest BCUT2D eigenvalue weighted by Crippen LogP contribution is 2.15. The number of para-hydroxylation sites is 1. The molecule has 3 amide bonds. The molecule has 2 aromatic carbocycles. The highest BCUT2D eigenvalue weighted by Gasteiger charge is 2.17. The van der Waals surface area contributed by atoms with Crippen LogP contribution in [0.2, 0.25) is 0 Å². The van der Waals surface area contributed by atoms with Gasteiger partial charge in [0.1, 0.15) is 0 Å². The summed E-state index contributed by atoms with van der Waals surface area (Å²) in [7, 11) is 0. The highest BCUT2D eigenvalue weighted by atomic mass is 16.2. The fourth-order valence-electron chi connectivity index (χ4n) is 3.41. The van der Waals surface area contributed by atoms with Crippen LogP contribution in [-0.2, 0) is 16.1 Å². The SMILES string of the molecule is CCCCCCCCCNC(=O)C(=O)Nc1ccccc1C(=O)NCc1ccccc1C. The Morgan fingerprint density at radius 2 is 1.41 bits per heavy atom. The zero-order chi connectivity index (χ0) is 23.2. The minimum Gasteiger partial charge on any atom is -0.348 e. The summed E-state index contributed by atoms with van der Waals surface area (Å²) < 4.78 is 0. The molecule has 6 nitrogen and oxygen atoms in total. The van der Waals surface area contributed by atoms with Gasteiger partial charge in [0, 0.05) is 13.1 Å². The molecule has 32 heavy (non-hydrogen) atoms. The molecule has 2 aromatic rings. The van der Waals surface area contributed by atoms with E-state index in [2.05, 4.69) is 22.9 Å². The van der Waals surface area contributed by atoms with Gasteiger partial charge < -0.3 is 16.0 Å². The third-order valence-electron chi connectivity index (χ3n) is 5.39. The van der Waals surface area contributed by atoms with Crippen LogP contribution in [0.15, 0.2) is 48.5 Å². The van der Waals surface area contributed by atoms with Gasteiger partial charge in [-0.3, -0.25) is 14.4 Å². The topological polar surface area (TPSA) is 87.3 Å². The lowest BCUT2D eigenvalue weighted by Crippen LogP contribution is -2.36. The summed E-state index contributed by atoms with van der Waals surface area (Å²) in [4.78, 5) is 37.1. The van der Waals surface area contributed by atoms with Gasteiger partial charge in [-0.15, -0.1) is 0 Å². The van der Waals surface area contributed by atoms with Crippen LogP contribution in [0, 0.1) is 6.92 Å². The molecule has 0 aliphatic carbocycles. The first kappa shape index (κ1) is 25.1. The van der Waals surface area contributed by atoms with Crippen molar-refractivity contribution in [2.24, 2.45) is 0 Å². The van der Waals surface area contributed by atoms with Gasteiger partial charge in [-0.05, 0) is 36.6 Å². The lowest BCUT2D eigenvalue weighted by Gasteiger charge is -2.12. The molecule has 0 spiro atoms. The van der Waals surface area contributed by atoms with E-state index in [0.29, 0.717) is 24.3 Å². The number of rotatable bonds is 12. The minimum atomic E-state index is -0.771. The molecule has 0 bridgehead atoms. The van der Waals surface area contributed by atoms with E-state index < -0.39 is 11.8 Å². The van der Waals surface area contributed by atoms with Crippen LogP contribution >= 0.6 is 0 Å². The van der Waals surface area contributed by atoms with Gasteiger partial charge in [-0.1, -0.05) is 81.8 Å². The van der Waals surface area contributed by atoms with Crippen molar-refractivity contribution >= 4 is 23.4 Å². The Kier molecular flexibility index (Phi) is 11.0. The number of carbonyl (C=O) groups is 3. The maximum absolute atomic E-state index is 12.7. The van der Waals surface area contributed by atoms with E-state index in [-0.39, 0.29) is 5.91 Å². The Labute approximate surface area is 191 Å². The van der Waals surface area contributed by atoms with Gasteiger partial charge in [0.15, 0.2) is 0 Å². The fraction of sp³-hybridized carbons (Fsp3) is 0.423. The summed E-state index contributed by atoms with van der Waals surface area (Å²) in [6.45, 7) is 5.03. The third kappa shape index (κ3) is 8.53. The van der Waals surface area contributed by atoms with Crippen molar-refractivity contribution in [2.75, 3.05) is 11.9 Å². The molecule has 0 aliphatic heterocycles. The van der Waals surface area contributed by atoms with Gasteiger partial charge in [0.25, 0.3) is 5.91 Å². The standard InChI is InChI=1S/C26H35N3O3/c1-3-4-5-6-7-8-13-18-27-25(31)26(32)29-23-17-12-11-16-22(23)24(30)28-19-21-15-10-9-14-20(21)2/h9-12,14-17H,3-8,13,18-19H2,1-2H3,(H,27,31)(H,28,30)(H,29,32). The van der Waals surface area contributed by atoms with Gasteiger partial charge in [-0.25, -0.2) is 0 Å². The van der Waals surface area contributed by atoms with Gasteiger partial charge in [0.2, 0.25) is 0 Å². The second-order valence-corrected chi connectivity index (χ2v) is 7.99. The van der Waals surface area contributed by atoms with E-state index in [0.717, 1.165) is 30.4 Å². The number of hydrogen-bond donors (Lipinski definition) is 3. The first-order valence-corrected chi connectivity index (χ1v) is 11.5. The molecule has 0 saturated heterocycles. The van der Waals surface area contributed by atoms with E-state index >= 15 is 0 Å². The average Bonchev–Trinajstić information content (AvgIpc) is 2.80. The Balaban J connectivity index is 1.81. The molecule has 0 aromatic heterocycles. The van der Waals surface area contributed by atoms with Crippen LogP contribution in [0.1, 0.15) is 73.4 Å². The molecule has 3 N–H and O–H groups in total. The van der Waals surface area contributed by atoms with Gasteiger partial charge in [-0.2, -0.15) is 0 Å². The molecule has 0 fully saturated rings. The second kappa shape index (κ2) is 14.0. The van der Waals surface area contributed by atoms with Crippen molar-refractivity contribution in [2.45, 2.75) is 65.3 Å². The summed E-state index contributed by atoms with van der Waals surface area (Å²) >= 11 is 0. The summed E-state index contributed by atoms with van der Waals surface area (Å²) in [6, 6.07) is 14.5. The number of nitrogens with one attached hydrogen (secondary N) is 3. The summed E-state index contributed by atoms with van der Waals surface area (Å²) in [5, 5.41) is 8.09. The van der Waals surface area contributed by atoms with Crippen LogP contribution in [0.4, 0.5) is 5.69 Å². The monoisotopic (exact) mass is 437 g/mol.